The fourth-order valence-corrected chi connectivity index (χ4v) is 4.60. The van der Waals surface area contributed by atoms with Crippen LogP contribution in [0.25, 0.3) is 11.1 Å². The Labute approximate surface area is 203 Å². The molecule has 0 spiro atoms. The van der Waals surface area contributed by atoms with Gasteiger partial charge in [-0.3, -0.25) is 0 Å². The summed E-state index contributed by atoms with van der Waals surface area (Å²) < 4.78 is 49.1. The first-order valence-corrected chi connectivity index (χ1v) is 12.0. The summed E-state index contributed by atoms with van der Waals surface area (Å²) in [5.74, 6) is -4.37. The topological polar surface area (TPSA) is 50.1 Å². The molecule has 180 valence electrons. The molecule has 0 radical (unpaired) electrons. The number of carbonyl (C=O) groups is 1. The summed E-state index contributed by atoms with van der Waals surface area (Å²) in [5, 5.41) is 8.81. The summed E-state index contributed by atoms with van der Waals surface area (Å²) in [4.78, 5) is 12.6. The molecule has 0 saturated carbocycles. The number of hydrogen-bond donors (Lipinski definition) is 0. The Balaban J connectivity index is 1.56. The van der Waals surface area contributed by atoms with Crippen molar-refractivity contribution in [1.82, 2.24) is 0 Å². The highest BCUT2D eigenvalue weighted by Crippen LogP contribution is 2.38. The van der Waals surface area contributed by atoms with E-state index in [0.717, 1.165) is 36.1 Å². The smallest absolute Gasteiger partial charge is 0.349 e. The first-order chi connectivity index (χ1) is 16.9. The summed E-state index contributed by atoms with van der Waals surface area (Å²) in [7, 11) is 0. The van der Waals surface area contributed by atoms with Crippen LogP contribution in [0, 0.1) is 28.8 Å². The standard InChI is InChI=1S/C29H26F3NO2/c1-2-3-4-5-6-7-18-8-12-22-19(14-18)10-13-23-24(22)16-26(31)27(28(23)32)29(34)35-21-11-9-20(17-33)25(30)15-21/h8-9,11-12,14-16H,2-7,10,13H2,1H3. The van der Waals surface area contributed by atoms with Crippen LogP contribution in [-0.2, 0) is 19.3 Å². The number of rotatable bonds is 8. The molecular weight excluding hydrogens is 451 g/mol. The fourth-order valence-electron chi connectivity index (χ4n) is 4.60. The normalized spacial score (nSPS) is 12.0. The van der Waals surface area contributed by atoms with Gasteiger partial charge in [0.2, 0.25) is 0 Å². The lowest BCUT2D eigenvalue weighted by atomic mass is 9.83. The van der Waals surface area contributed by atoms with Crippen molar-refractivity contribution in [3.8, 4) is 22.9 Å². The number of nitrogens with zero attached hydrogens (tertiary/aromatic N) is 1. The van der Waals surface area contributed by atoms with Gasteiger partial charge in [-0.2, -0.15) is 5.26 Å². The highest BCUT2D eigenvalue weighted by Gasteiger charge is 2.28. The zero-order valence-electron chi connectivity index (χ0n) is 19.6. The maximum Gasteiger partial charge on any atom is 0.349 e. The van der Waals surface area contributed by atoms with Gasteiger partial charge in [0.15, 0.2) is 0 Å². The third kappa shape index (κ3) is 5.24. The third-order valence-corrected chi connectivity index (χ3v) is 6.47. The van der Waals surface area contributed by atoms with Crippen LogP contribution in [0.4, 0.5) is 13.2 Å². The molecule has 6 heteroatoms. The molecule has 0 aliphatic heterocycles. The minimum Gasteiger partial charge on any atom is -0.423 e. The second-order valence-corrected chi connectivity index (χ2v) is 8.87. The number of carbonyl (C=O) groups excluding carboxylic acids is 1. The molecule has 0 aromatic heterocycles. The minimum atomic E-state index is -1.25. The van der Waals surface area contributed by atoms with E-state index in [-0.39, 0.29) is 16.9 Å². The molecule has 1 aliphatic rings. The molecule has 0 bridgehead atoms. The largest absolute Gasteiger partial charge is 0.423 e. The van der Waals surface area contributed by atoms with Gasteiger partial charge in [0, 0.05) is 6.07 Å². The summed E-state index contributed by atoms with van der Waals surface area (Å²) in [6, 6.07) is 12.0. The fraction of sp³-hybridized carbons (Fsp3) is 0.310. The van der Waals surface area contributed by atoms with Gasteiger partial charge >= 0.3 is 5.97 Å². The summed E-state index contributed by atoms with van der Waals surface area (Å²) >= 11 is 0. The van der Waals surface area contributed by atoms with Crippen molar-refractivity contribution >= 4 is 5.97 Å². The molecule has 0 atom stereocenters. The number of esters is 1. The van der Waals surface area contributed by atoms with Gasteiger partial charge in [0.05, 0.1) is 5.56 Å². The first kappa shape index (κ1) is 24.5. The van der Waals surface area contributed by atoms with E-state index >= 15 is 4.39 Å². The maximum atomic E-state index is 15.3. The Hall–Kier alpha value is -3.59. The van der Waals surface area contributed by atoms with Crippen LogP contribution < -0.4 is 4.74 Å². The third-order valence-electron chi connectivity index (χ3n) is 6.47. The molecule has 3 nitrogen and oxygen atoms in total. The molecule has 35 heavy (non-hydrogen) atoms. The van der Waals surface area contributed by atoms with Gasteiger partial charge in [-0.15, -0.1) is 0 Å². The van der Waals surface area contributed by atoms with Crippen LogP contribution >= 0.6 is 0 Å². The van der Waals surface area contributed by atoms with Gasteiger partial charge < -0.3 is 4.74 Å². The number of nitriles is 1. The van der Waals surface area contributed by atoms with E-state index in [2.05, 4.69) is 13.0 Å². The molecule has 3 aromatic carbocycles. The van der Waals surface area contributed by atoms with E-state index in [0.29, 0.717) is 18.4 Å². The van der Waals surface area contributed by atoms with E-state index in [9.17, 15) is 13.6 Å². The average molecular weight is 478 g/mol. The summed E-state index contributed by atoms with van der Waals surface area (Å²) in [5.41, 5.74) is 2.72. The zero-order chi connectivity index (χ0) is 24.9. The highest BCUT2D eigenvalue weighted by molar-refractivity contribution is 5.93. The van der Waals surface area contributed by atoms with Crippen molar-refractivity contribution in [2.45, 2.75) is 58.3 Å². The van der Waals surface area contributed by atoms with Crippen LogP contribution in [0.5, 0.6) is 5.75 Å². The molecular formula is C29H26F3NO2. The Morgan fingerprint density at radius 2 is 1.74 bits per heavy atom. The van der Waals surface area contributed by atoms with Crippen LogP contribution in [0.3, 0.4) is 0 Å². The average Bonchev–Trinajstić information content (AvgIpc) is 2.83. The Kier molecular flexibility index (Phi) is 7.55. The second kappa shape index (κ2) is 10.8. The number of hydrogen-bond acceptors (Lipinski definition) is 3. The molecule has 1 aliphatic carbocycles. The second-order valence-electron chi connectivity index (χ2n) is 8.87. The number of ether oxygens (including phenoxy) is 1. The van der Waals surface area contributed by atoms with Crippen molar-refractivity contribution in [1.29, 1.82) is 5.26 Å². The number of aryl methyl sites for hydroxylation is 2. The molecule has 0 fully saturated rings. The number of unbranched alkanes of at least 4 members (excludes halogenated alkanes) is 4. The van der Waals surface area contributed by atoms with Gasteiger partial charge in [-0.25, -0.2) is 18.0 Å². The Bertz CT molecular complexity index is 1310. The van der Waals surface area contributed by atoms with E-state index < -0.39 is 29.0 Å². The molecule has 0 N–H and O–H groups in total. The lowest BCUT2D eigenvalue weighted by Gasteiger charge is -2.22. The molecule has 0 saturated heterocycles. The molecule has 0 amide bonds. The number of fused-ring (bicyclic) bond motifs is 3. The molecule has 0 unspecified atom stereocenters. The molecule has 3 aromatic rings. The van der Waals surface area contributed by atoms with Gasteiger partial charge in [-0.1, -0.05) is 50.8 Å². The van der Waals surface area contributed by atoms with Gasteiger partial charge in [0.1, 0.15) is 34.8 Å². The lowest BCUT2D eigenvalue weighted by molar-refractivity contribution is 0.0724. The lowest BCUT2D eigenvalue weighted by Crippen LogP contribution is -2.17. The monoisotopic (exact) mass is 477 g/mol. The van der Waals surface area contributed by atoms with Crippen molar-refractivity contribution in [3.63, 3.8) is 0 Å². The van der Waals surface area contributed by atoms with Crippen LogP contribution in [0.1, 0.15) is 71.6 Å². The minimum absolute atomic E-state index is 0.228. The van der Waals surface area contributed by atoms with E-state index in [1.165, 1.54) is 43.4 Å². The molecule has 0 heterocycles. The number of halogens is 3. The van der Waals surface area contributed by atoms with Crippen LogP contribution in [0.2, 0.25) is 0 Å². The summed E-state index contributed by atoms with van der Waals surface area (Å²) in [6.07, 6.45) is 7.90. The molecule has 4 rings (SSSR count). The predicted molar refractivity (Wildman–Crippen MR) is 128 cm³/mol. The van der Waals surface area contributed by atoms with Crippen molar-refractivity contribution in [2.75, 3.05) is 0 Å². The summed E-state index contributed by atoms with van der Waals surface area (Å²) in [6.45, 7) is 2.19. The van der Waals surface area contributed by atoms with Crippen LogP contribution in [0.15, 0.2) is 42.5 Å². The predicted octanol–water partition coefficient (Wildman–Crippen LogP) is 7.47. The van der Waals surface area contributed by atoms with Crippen molar-refractivity contribution in [3.05, 3.63) is 87.7 Å². The van der Waals surface area contributed by atoms with E-state index in [1.54, 1.807) is 6.07 Å². The van der Waals surface area contributed by atoms with E-state index in [4.69, 9.17) is 10.00 Å². The van der Waals surface area contributed by atoms with Crippen molar-refractivity contribution < 1.29 is 22.7 Å². The SMILES string of the molecule is CCCCCCCc1ccc2c(c1)CCc1c-2cc(F)c(C(=O)Oc2ccc(C#N)c(F)c2)c1F. The van der Waals surface area contributed by atoms with Gasteiger partial charge in [0.25, 0.3) is 0 Å². The Morgan fingerprint density at radius 1 is 0.943 bits per heavy atom. The Morgan fingerprint density at radius 3 is 2.49 bits per heavy atom. The first-order valence-electron chi connectivity index (χ1n) is 12.0. The maximum absolute atomic E-state index is 15.3. The quantitative estimate of drug-likeness (QED) is 0.192. The highest BCUT2D eigenvalue weighted by atomic mass is 19.1. The van der Waals surface area contributed by atoms with Crippen molar-refractivity contribution in [2.24, 2.45) is 0 Å². The van der Waals surface area contributed by atoms with Gasteiger partial charge in [-0.05, 0) is 71.7 Å². The zero-order valence-corrected chi connectivity index (χ0v) is 19.6. The van der Waals surface area contributed by atoms with Crippen LogP contribution in [-0.4, -0.2) is 5.97 Å². The number of benzene rings is 3. The van der Waals surface area contributed by atoms with E-state index in [1.807, 2.05) is 12.1 Å².